The maximum atomic E-state index is 5.95. The van der Waals surface area contributed by atoms with Gasteiger partial charge in [-0.25, -0.2) is 0 Å². The number of epoxide rings is 2. The summed E-state index contributed by atoms with van der Waals surface area (Å²) in [6.45, 7) is 4.62. The molecule has 0 spiro atoms. The molecule has 96 valence electrons. The highest BCUT2D eigenvalue weighted by molar-refractivity contribution is 5.08. The molecule has 0 aromatic carbocycles. The first kappa shape index (κ1) is 10.8. The van der Waals surface area contributed by atoms with Gasteiger partial charge in [-0.2, -0.15) is 0 Å². The Morgan fingerprint density at radius 2 is 1.94 bits per heavy atom. The monoisotopic (exact) mass is 236 g/mol. The molecule has 0 N–H and O–H groups in total. The Kier molecular flexibility index (Phi) is 2.08. The predicted octanol–water partition coefficient (Wildman–Crippen LogP) is 3.29. The van der Waals surface area contributed by atoms with E-state index in [1.165, 1.54) is 44.9 Å². The van der Waals surface area contributed by atoms with Crippen molar-refractivity contribution in [3.8, 4) is 0 Å². The van der Waals surface area contributed by atoms with Crippen LogP contribution in [0.4, 0.5) is 0 Å². The van der Waals surface area contributed by atoms with Crippen LogP contribution < -0.4 is 0 Å². The molecule has 0 aromatic heterocycles. The predicted molar refractivity (Wildman–Crippen MR) is 65.9 cm³/mol. The lowest BCUT2D eigenvalue weighted by atomic mass is 9.73. The number of hydrogen-bond acceptors (Lipinski definition) is 2. The zero-order chi connectivity index (χ0) is 11.7. The Morgan fingerprint density at radius 3 is 2.76 bits per heavy atom. The van der Waals surface area contributed by atoms with Crippen molar-refractivity contribution in [2.45, 2.75) is 82.2 Å². The zero-order valence-corrected chi connectivity index (χ0v) is 11.1. The molecule has 2 heteroatoms. The van der Waals surface area contributed by atoms with Crippen LogP contribution in [0.3, 0.4) is 0 Å². The molecule has 2 saturated carbocycles. The topological polar surface area (TPSA) is 25.1 Å². The Labute approximate surface area is 104 Å². The van der Waals surface area contributed by atoms with Gasteiger partial charge in [-0.1, -0.05) is 6.42 Å². The third kappa shape index (κ3) is 1.67. The van der Waals surface area contributed by atoms with E-state index in [0.29, 0.717) is 12.2 Å². The summed E-state index contributed by atoms with van der Waals surface area (Å²) in [6.07, 6.45) is 10.7. The Bertz CT molecular complexity index is 342. The third-order valence-corrected chi connectivity index (χ3v) is 5.82. The first-order valence-corrected chi connectivity index (χ1v) is 7.45. The average Bonchev–Trinajstić information content (AvgIpc) is 3.11. The zero-order valence-electron chi connectivity index (χ0n) is 11.1. The molecular weight excluding hydrogens is 212 g/mol. The van der Waals surface area contributed by atoms with E-state index in [0.717, 1.165) is 11.8 Å². The molecule has 0 amide bonds. The van der Waals surface area contributed by atoms with Crippen molar-refractivity contribution >= 4 is 0 Å². The van der Waals surface area contributed by atoms with Gasteiger partial charge >= 0.3 is 0 Å². The van der Waals surface area contributed by atoms with Crippen molar-refractivity contribution in [1.29, 1.82) is 0 Å². The summed E-state index contributed by atoms with van der Waals surface area (Å²) < 4.78 is 11.8. The molecule has 0 radical (unpaired) electrons. The molecule has 4 fully saturated rings. The van der Waals surface area contributed by atoms with Crippen LogP contribution in [0.2, 0.25) is 0 Å². The number of ether oxygens (including phenoxy) is 2. The van der Waals surface area contributed by atoms with E-state index in [9.17, 15) is 0 Å². The fourth-order valence-electron chi connectivity index (χ4n) is 4.69. The second-order valence-electron chi connectivity index (χ2n) is 7.31. The van der Waals surface area contributed by atoms with Crippen molar-refractivity contribution in [3.63, 3.8) is 0 Å². The molecule has 0 aromatic rings. The molecule has 4 rings (SSSR count). The molecule has 0 bridgehead atoms. The van der Waals surface area contributed by atoms with Crippen LogP contribution >= 0.6 is 0 Å². The van der Waals surface area contributed by atoms with Crippen LogP contribution in [0.25, 0.3) is 0 Å². The van der Waals surface area contributed by atoms with E-state index in [4.69, 9.17) is 9.47 Å². The third-order valence-electron chi connectivity index (χ3n) is 5.82. The van der Waals surface area contributed by atoms with E-state index in [-0.39, 0.29) is 11.2 Å². The van der Waals surface area contributed by atoms with Crippen LogP contribution in [0.15, 0.2) is 0 Å². The molecule has 2 aliphatic carbocycles. The van der Waals surface area contributed by atoms with Gasteiger partial charge in [0.05, 0.1) is 23.4 Å². The van der Waals surface area contributed by atoms with Gasteiger partial charge < -0.3 is 9.47 Å². The summed E-state index contributed by atoms with van der Waals surface area (Å²) in [5.74, 6) is 1.74. The maximum absolute atomic E-state index is 5.95. The van der Waals surface area contributed by atoms with Gasteiger partial charge in [-0.15, -0.1) is 0 Å². The number of fused-ring (bicyclic) bond motifs is 2. The molecule has 6 atom stereocenters. The molecule has 2 heterocycles. The average molecular weight is 236 g/mol. The highest BCUT2D eigenvalue weighted by Gasteiger charge is 2.59. The smallest absolute Gasteiger partial charge is 0.0923 e. The lowest BCUT2D eigenvalue weighted by Gasteiger charge is -2.29. The minimum absolute atomic E-state index is 0.269. The van der Waals surface area contributed by atoms with Crippen LogP contribution in [-0.4, -0.2) is 23.4 Å². The first-order valence-electron chi connectivity index (χ1n) is 7.45. The second kappa shape index (κ2) is 3.27. The fraction of sp³-hybridized carbons (Fsp3) is 1.00. The van der Waals surface area contributed by atoms with Gasteiger partial charge in [0, 0.05) is 0 Å². The molecule has 6 unspecified atom stereocenters. The normalized spacial score (nSPS) is 60.4. The standard InChI is InChI=1S/C15H24O2/c1-14-7-3-4-11(13(14)17-14)8-10-5-6-12-15(2,9-10)16-12/h10-13H,3-9H2,1-2H3. The summed E-state index contributed by atoms with van der Waals surface area (Å²) in [5, 5.41) is 0. The van der Waals surface area contributed by atoms with Gasteiger partial charge in [0.1, 0.15) is 0 Å². The number of hydrogen-bond donors (Lipinski definition) is 0. The van der Waals surface area contributed by atoms with E-state index in [2.05, 4.69) is 13.8 Å². The molecule has 2 saturated heterocycles. The van der Waals surface area contributed by atoms with E-state index < -0.39 is 0 Å². The van der Waals surface area contributed by atoms with Crippen LogP contribution in [0, 0.1) is 11.8 Å². The molecule has 2 nitrogen and oxygen atoms in total. The van der Waals surface area contributed by atoms with Gasteiger partial charge in [0.25, 0.3) is 0 Å². The van der Waals surface area contributed by atoms with E-state index in [1.807, 2.05) is 0 Å². The van der Waals surface area contributed by atoms with Crippen molar-refractivity contribution in [2.24, 2.45) is 11.8 Å². The lowest BCUT2D eigenvalue weighted by molar-refractivity contribution is 0.216. The molecule has 4 aliphatic rings. The Balaban J connectivity index is 1.38. The second-order valence-corrected chi connectivity index (χ2v) is 7.31. The Morgan fingerprint density at radius 1 is 1.06 bits per heavy atom. The lowest BCUT2D eigenvalue weighted by Crippen LogP contribution is -2.29. The van der Waals surface area contributed by atoms with Gasteiger partial charge in [-0.05, 0) is 64.2 Å². The summed E-state index contributed by atoms with van der Waals surface area (Å²) in [5.41, 5.74) is 0.547. The van der Waals surface area contributed by atoms with E-state index in [1.54, 1.807) is 0 Å². The molecule has 17 heavy (non-hydrogen) atoms. The van der Waals surface area contributed by atoms with Gasteiger partial charge in [-0.3, -0.25) is 0 Å². The van der Waals surface area contributed by atoms with Crippen molar-refractivity contribution in [2.75, 3.05) is 0 Å². The summed E-state index contributed by atoms with van der Waals surface area (Å²) >= 11 is 0. The number of rotatable bonds is 2. The van der Waals surface area contributed by atoms with Crippen molar-refractivity contribution in [3.05, 3.63) is 0 Å². The van der Waals surface area contributed by atoms with Gasteiger partial charge in [0.2, 0.25) is 0 Å². The SMILES string of the molecule is CC12CC(CC3CCCC4(C)OC34)CCC1O2. The summed E-state index contributed by atoms with van der Waals surface area (Å²) in [6, 6.07) is 0. The highest BCUT2D eigenvalue weighted by atomic mass is 16.6. The van der Waals surface area contributed by atoms with Crippen molar-refractivity contribution in [1.82, 2.24) is 0 Å². The summed E-state index contributed by atoms with van der Waals surface area (Å²) in [4.78, 5) is 0. The van der Waals surface area contributed by atoms with Gasteiger partial charge in [0.15, 0.2) is 0 Å². The van der Waals surface area contributed by atoms with E-state index >= 15 is 0 Å². The molecule has 2 aliphatic heterocycles. The quantitative estimate of drug-likeness (QED) is 0.687. The van der Waals surface area contributed by atoms with Crippen LogP contribution in [0.5, 0.6) is 0 Å². The largest absolute Gasteiger partial charge is 0.366 e. The Hall–Kier alpha value is -0.0800. The fourth-order valence-corrected chi connectivity index (χ4v) is 4.69. The summed E-state index contributed by atoms with van der Waals surface area (Å²) in [7, 11) is 0. The minimum atomic E-state index is 0.269. The molecular formula is C15H24O2. The van der Waals surface area contributed by atoms with Crippen LogP contribution in [0.1, 0.15) is 58.8 Å². The maximum Gasteiger partial charge on any atom is 0.0923 e. The first-order chi connectivity index (χ1) is 8.09. The minimum Gasteiger partial charge on any atom is -0.366 e. The van der Waals surface area contributed by atoms with Crippen LogP contribution in [-0.2, 0) is 9.47 Å². The highest BCUT2D eigenvalue weighted by Crippen LogP contribution is 2.55. The van der Waals surface area contributed by atoms with Crippen molar-refractivity contribution < 1.29 is 9.47 Å².